The van der Waals surface area contributed by atoms with E-state index >= 15 is 0 Å². The number of alkyl halides is 4. The number of nitrogens with zero attached hydrogens (tertiary/aromatic N) is 5. The van der Waals surface area contributed by atoms with Crippen molar-refractivity contribution in [1.82, 2.24) is 29.8 Å². The van der Waals surface area contributed by atoms with Crippen molar-refractivity contribution in [2.24, 2.45) is 5.92 Å². The quantitative estimate of drug-likeness (QED) is 0.438. The molecule has 0 aromatic carbocycles. The van der Waals surface area contributed by atoms with Gasteiger partial charge in [-0.15, -0.1) is 0 Å². The summed E-state index contributed by atoms with van der Waals surface area (Å²) in [5.41, 5.74) is 4.19. The van der Waals surface area contributed by atoms with Crippen molar-refractivity contribution >= 4 is 23.1 Å². The fourth-order valence-corrected chi connectivity index (χ4v) is 5.52. The van der Waals surface area contributed by atoms with E-state index in [2.05, 4.69) is 20.4 Å². The fourth-order valence-electron chi connectivity index (χ4n) is 5.52. The second kappa shape index (κ2) is 10.9. The molecule has 14 heteroatoms. The molecule has 214 valence electrons. The van der Waals surface area contributed by atoms with Crippen molar-refractivity contribution in [2.45, 2.75) is 56.9 Å². The van der Waals surface area contributed by atoms with E-state index in [0.29, 0.717) is 12.3 Å². The van der Waals surface area contributed by atoms with Crippen LogP contribution in [0.3, 0.4) is 0 Å². The molecule has 0 unspecified atom stereocenters. The Morgan fingerprint density at radius 3 is 2.60 bits per heavy atom. The molecular weight excluding hydrogens is 534 g/mol. The number of hydrogen-bond acceptors (Lipinski definition) is 7. The number of carbonyl (C=O) groups is 2. The number of likely N-dealkylation sites (tertiary alicyclic amines) is 1. The molecule has 4 heterocycles. The van der Waals surface area contributed by atoms with E-state index in [0.717, 1.165) is 42.6 Å². The molecule has 2 aliphatic rings. The number of pyridine rings is 1. The first-order chi connectivity index (χ1) is 19.1. The average molecular weight is 564 g/mol. The van der Waals surface area contributed by atoms with Crippen LogP contribution in [0, 0.1) is 5.92 Å². The molecule has 1 aliphatic heterocycles. The molecule has 1 saturated heterocycles. The molecule has 3 aromatic heterocycles. The summed E-state index contributed by atoms with van der Waals surface area (Å²) in [6, 6.07) is 1.17. The van der Waals surface area contributed by atoms with Crippen LogP contribution in [0.2, 0.25) is 0 Å². The minimum absolute atomic E-state index is 0.0162. The number of fused-ring (bicyclic) bond motifs is 1. The molecule has 0 bridgehead atoms. The molecule has 40 heavy (non-hydrogen) atoms. The monoisotopic (exact) mass is 563 g/mol. The Hall–Kier alpha value is -3.97. The van der Waals surface area contributed by atoms with Crippen molar-refractivity contribution < 1.29 is 31.9 Å². The first-order valence-electron chi connectivity index (χ1n) is 13.0. The third kappa shape index (κ3) is 5.39. The predicted octanol–water partition coefficient (Wildman–Crippen LogP) is 3.65. The van der Waals surface area contributed by atoms with Crippen LogP contribution in [0.1, 0.15) is 54.4 Å². The zero-order chi connectivity index (χ0) is 28.6. The predicted molar refractivity (Wildman–Crippen MR) is 136 cm³/mol. The summed E-state index contributed by atoms with van der Waals surface area (Å²) in [7, 11) is 1.28. The zero-order valence-corrected chi connectivity index (χ0v) is 21.7. The standard InChI is InChI=1S/C26H29F4N7O3/c1-40-25-16(24(39)35-19-12-36(11-18(19)27)21(38)7-14-5-3-2-4-6-14)8-15(10-32-25)20-9-17(26(28,29)30)22-23(31)33-13-34-37(20)22/h8-10,13-14,18-19H,2-7,11-12H2,1H3,(H,35,39)(H2,31,33,34)/t18-,19+/m0/s1. The van der Waals surface area contributed by atoms with E-state index in [1.165, 1.54) is 30.7 Å². The largest absolute Gasteiger partial charge is 0.480 e. The number of anilines is 1. The highest BCUT2D eigenvalue weighted by atomic mass is 19.4. The van der Waals surface area contributed by atoms with Crippen LogP contribution in [0.5, 0.6) is 5.88 Å². The van der Waals surface area contributed by atoms with Crippen LogP contribution in [0.25, 0.3) is 16.8 Å². The van der Waals surface area contributed by atoms with Crippen LogP contribution in [0.4, 0.5) is 23.4 Å². The maximum atomic E-state index is 14.9. The smallest absolute Gasteiger partial charge is 0.418 e. The van der Waals surface area contributed by atoms with Crippen LogP contribution >= 0.6 is 0 Å². The van der Waals surface area contributed by atoms with E-state index in [9.17, 15) is 27.2 Å². The maximum Gasteiger partial charge on any atom is 0.418 e. The van der Waals surface area contributed by atoms with Gasteiger partial charge in [-0.05, 0) is 30.9 Å². The van der Waals surface area contributed by atoms with Gasteiger partial charge in [-0.3, -0.25) is 9.59 Å². The van der Waals surface area contributed by atoms with Crippen LogP contribution in [-0.2, 0) is 11.0 Å². The van der Waals surface area contributed by atoms with Crippen molar-refractivity contribution in [3.8, 4) is 17.1 Å². The van der Waals surface area contributed by atoms with Crippen LogP contribution < -0.4 is 15.8 Å². The fraction of sp³-hybridized carbons (Fsp3) is 0.500. The number of methoxy groups -OCH3 is 1. The number of nitrogen functional groups attached to an aromatic ring is 1. The lowest BCUT2D eigenvalue weighted by atomic mass is 9.87. The molecule has 10 nitrogen and oxygen atoms in total. The Balaban J connectivity index is 1.38. The summed E-state index contributed by atoms with van der Waals surface area (Å²) in [6.45, 7) is -0.105. The lowest BCUT2D eigenvalue weighted by molar-refractivity contribution is -0.136. The van der Waals surface area contributed by atoms with Gasteiger partial charge < -0.3 is 20.7 Å². The van der Waals surface area contributed by atoms with Gasteiger partial charge in [0.15, 0.2) is 5.82 Å². The number of nitrogens with one attached hydrogen (secondary N) is 1. The van der Waals surface area contributed by atoms with Crippen LogP contribution in [0.15, 0.2) is 24.7 Å². The van der Waals surface area contributed by atoms with Gasteiger partial charge in [0.25, 0.3) is 5.91 Å². The molecule has 2 atom stereocenters. The van der Waals surface area contributed by atoms with E-state index < -0.39 is 35.4 Å². The molecule has 2 fully saturated rings. The van der Waals surface area contributed by atoms with Crippen molar-refractivity contribution in [2.75, 3.05) is 25.9 Å². The number of rotatable bonds is 6. The SMILES string of the molecule is COc1ncc(-c2cc(C(F)(F)F)c3c(N)ncnn23)cc1C(=O)N[C@@H]1CN(C(=O)CC2CCCCC2)C[C@@H]1F. The van der Waals surface area contributed by atoms with E-state index in [1.54, 1.807) is 0 Å². The molecule has 5 rings (SSSR count). The first-order valence-corrected chi connectivity index (χ1v) is 13.0. The van der Waals surface area contributed by atoms with E-state index in [-0.39, 0.29) is 47.5 Å². The minimum atomic E-state index is -4.75. The third-order valence-corrected chi connectivity index (χ3v) is 7.58. The number of amides is 2. The molecule has 1 aliphatic carbocycles. The lowest BCUT2D eigenvalue weighted by Gasteiger charge is -2.24. The normalized spacial score (nSPS) is 20.2. The van der Waals surface area contributed by atoms with E-state index in [4.69, 9.17) is 10.5 Å². The maximum absolute atomic E-state index is 14.9. The molecule has 0 spiro atoms. The summed E-state index contributed by atoms with van der Waals surface area (Å²) in [6.07, 6.45) is 1.71. The van der Waals surface area contributed by atoms with Crippen molar-refractivity contribution in [1.29, 1.82) is 0 Å². The molecule has 1 saturated carbocycles. The summed E-state index contributed by atoms with van der Waals surface area (Å²) in [5.74, 6) is -1.05. The highest BCUT2D eigenvalue weighted by molar-refractivity contribution is 5.98. The summed E-state index contributed by atoms with van der Waals surface area (Å²) >= 11 is 0. The number of hydrogen-bond donors (Lipinski definition) is 2. The zero-order valence-electron chi connectivity index (χ0n) is 21.7. The topological polar surface area (TPSA) is 128 Å². The van der Waals surface area contributed by atoms with Crippen LogP contribution in [-0.4, -0.2) is 68.7 Å². The highest BCUT2D eigenvalue weighted by Gasteiger charge is 2.38. The van der Waals surface area contributed by atoms with Crippen molar-refractivity contribution in [3.05, 3.63) is 35.8 Å². The van der Waals surface area contributed by atoms with Gasteiger partial charge in [0.05, 0.1) is 31.0 Å². The van der Waals surface area contributed by atoms with Gasteiger partial charge in [-0.25, -0.2) is 18.9 Å². The average Bonchev–Trinajstić information content (AvgIpc) is 3.51. The van der Waals surface area contributed by atoms with Gasteiger partial charge >= 0.3 is 6.18 Å². The number of ether oxygens (including phenoxy) is 1. The Labute approximate surface area is 226 Å². The lowest BCUT2D eigenvalue weighted by Crippen LogP contribution is -2.42. The van der Waals surface area contributed by atoms with E-state index in [1.807, 2.05) is 0 Å². The Morgan fingerprint density at radius 1 is 1.15 bits per heavy atom. The number of halogens is 4. The number of nitrogens with two attached hydrogens (primary N) is 1. The molecular formula is C26H29F4N7O3. The van der Waals surface area contributed by atoms with Gasteiger partial charge in [0.1, 0.15) is 23.6 Å². The van der Waals surface area contributed by atoms with Crippen molar-refractivity contribution in [3.63, 3.8) is 0 Å². The third-order valence-electron chi connectivity index (χ3n) is 7.58. The van der Waals surface area contributed by atoms with Gasteiger partial charge in [-0.1, -0.05) is 19.3 Å². The Morgan fingerprint density at radius 2 is 1.90 bits per heavy atom. The summed E-state index contributed by atoms with van der Waals surface area (Å²) < 4.78 is 62.3. The molecule has 2 amide bonds. The molecule has 3 aromatic rings. The second-order valence-electron chi connectivity index (χ2n) is 10.2. The Kier molecular flexibility index (Phi) is 7.51. The van der Waals surface area contributed by atoms with Gasteiger partial charge in [-0.2, -0.15) is 18.3 Å². The number of carbonyl (C=O) groups excluding carboxylic acids is 2. The number of aromatic nitrogens is 4. The van der Waals surface area contributed by atoms with Gasteiger partial charge in [0.2, 0.25) is 11.8 Å². The second-order valence-corrected chi connectivity index (χ2v) is 10.2. The summed E-state index contributed by atoms with van der Waals surface area (Å²) in [4.78, 5) is 35.2. The minimum Gasteiger partial charge on any atom is -0.480 e. The van der Waals surface area contributed by atoms with Gasteiger partial charge in [0, 0.05) is 24.7 Å². The highest BCUT2D eigenvalue weighted by Crippen LogP contribution is 2.39. The molecule has 3 N–H and O–H groups in total. The Bertz CT molecular complexity index is 1420. The summed E-state index contributed by atoms with van der Waals surface area (Å²) in [5, 5.41) is 6.51. The molecule has 0 radical (unpaired) electrons. The first kappa shape index (κ1) is 27.6.